The van der Waals surface area contributed by atoms with Crippen molar-refractivity contribution in [2.45, 2.75) is 13.8 Å². The molecule has 0 N–H and O–H groups in total. The summed E-state index contributed by atoms with van der Waals surface area (Å²) in [7, 11) is 0. The summed E-state index contributed by atoms with van der Waals surface area (Å²) < 4.78 is 10.2. The van der Waals surface area contributed by atoms with Crippen molar-refractivity contribution in [2.75, 3.05) is 13.2 Å². The van der Waals surface area contributed by atoms with Gasteiger partial charge in [-0.15, -0.1) is 0 Å². The van der Waals surface area contributed by atoms with E-state index in [1.54, 1.807) is 25.1 Å². The number of halogens is 1. The predicted molar refractivity (Wildman–Crippen MR) is 58.6 cm³/mol. The summed E-state index contributed by atoms with van der Waals surface area (Å²) in [6, 6.07) is 4.89. The highest BCUT2D eigenvalue weighted by molar-refractivity contribution is 6.31. The number of carbonyl (C=O) groups is 1. The van der Waals surface area contributed by atoms with E-state index in [1.807, 2.05) is 6.92 Å². The highest BCUT2D eigenvalue weighted by Crippen LogP contribution is 2.23. The van der Waals surface area contributed by atoms with Gasteiger partial charge in [0.2, 0.25) is 0 Å². The fourth-order valence-electron chi connectivity index (χ4n) is 1.15. The van der Waals surface area contributed by atoms with Gasteiger partial charge in [-0.1, -0.05) is 11.6 Å². The minimum absolute atomic E-state index is 0.330. The van der Waals surface area contributed by atoms with Crippen molar-refractivity contribution >= 4 is 17.6 Å². The Hall–Kier alpha value is -1.22. The van der Waals surface area contributed by atoms with Crippen LogP contribution in [0.15, 0.2) is 18.2 Å². The number of ether oxygens (including phenoxy) is 2. The summed E-state index contributed by atoms with van der Waals surface area (Å²) in [5, 5.41) is 0.488. The summed E-state index contributed by atoms with van der Waals surface area (Å²) in [6.07, 6.45) is 0. The molecule has 0 heterocycles. The third-order valence-corrected chi connectivity index (χ3v) is 1.97. The van der Waals surface area contributed by atoms with Crippen molar-refractivity contribution in [1.82, 2.24) is 0 Å². The molecule has 1 rings (SSSR count). The Labute approximate surface area is 93.9 Å². The van der Waals surface area contributed by atoms with Gasteiger partial charge in [0.05, 0.1) is 13.2 Å². The van der Waals surface area contributed by atoms with E-state index in [1.165, 1.54) is 0 Å². The minimum atomic E-state index is -0.413. The SMILES string of the molecule is CCOC(=O)c1cc(Cl)ccc1OCC. The van der Waals surface area contributed by atoms with E-state index < -0.39 is 5.97 Å². The van der Waals surface area contributed by atoms with Crippen LogP contribution in [0.4, 0.5) is 0 Å². The van der Waals surface area contributed by atoms with Gasteiger partial charge < -0.3 is 9.47 Å². The quantitative estimate of drug-likeness (QED) is 0.744. The first kappa shape index (κ1) is 11.9. The van der Waals surface area contributed by atoms with Gasteiger partial charge in [-0.2, -0.15) is 0 Å². The van der Waals surface area contributed by atoms with E-state index in [9.17, 15) is 4.79 Å². The van der Waals surface area contributed by atoms with Crippen molar-refractivity contribution in [3.63, 3.8) is 0 Å². The van der Waals surface area contributed by atoms with Crippen LogP contribution < -0.4 is 4.74 Å². The van der Waals surface area contributed by atoms with E-state index in [4.69, 9.17) is 21.1 Å². The fourth-order valence-corrected chi connectivity index (χ4v) is 1.32. The second-order valence-electron chi connectivity index (χ2n) is 2.79. The molecule has 0 atom stereocenters. The van der Waals surface area contributed by atoms with Crippen LogP contribution in [-0.4, -0.2) is 19.2 Å². The van der Waals surface area contributed by atoms with Crippen LogP contribution in [0.1, 0.15) is 24.2 Å². The first-order valence-electron chi connectivity index (χ1n) is 4.78. The van der Waals surface area contributed by atoms with Gasteiger partial charge in [0.1, 0.15) is 11.3 Å². The summed E-state index contributed by atoms with van der Waals surface area (Å²) in [5.41, 5.74) is 0.367. The lowest BCUT2D eigenvalue weighted by Crippen LogP contribution is -2.07. The second kappa shape index (κ2) is 5.61. The maximum Gasteiger partial charge on any atom is 0.341 e. The number of rotatable bonds is 4. The monoisotopic (exact) mass is 228 g/mol. The third kappa shape index (κ3) is 3.13. The zero-order chi connectivity index (χ0) is 11.3. The molecule has 1 aromatic carbocycles. The van der Waals surface area contributed by atoms with Gasteiger partial charge in [0.25, 0.3) is 0 Å². The normalized spacial score (nSPS) is 9.80. The van der Waals surface area contributed by atoms with Crippen LogP contribution in [0.2, 0.25) is 5.02 Å². The molecule has 0 amide bonds. The van der Waals surface area contributed by atoms with Gasteiger partial charge in [-0.05, 0) is 32.0 Å². The summed E-state index contributed by atoms with van der Waals surface area (Å²) >= 11 is 5.80. The van der Waals surface area contributed by atoms with Crippen molar-refractivity contribution in [3.8, 4) is 5.75 Å². The highest BCUT2D eigenvalue weighted by Gasteiger charge is 2.13. The average molecular weight is 229 g/mol. The molecule has 0 bridgehead atoms. The molecule has 0 saturated heterocycles. The van der Waals surface area contributed by atoms with E-state index >= 15 is 0 Å². The van der Waals surface area contributed by atoms with Crippen molar-refractivity contribution in [2.24, 2.45) is 0 Å². The lowest BCUT2D eigenvalue weighted by molar-refractivity contribution is 0.0522. The predicted octanol–water partition coefficient (Wildman–Crippen LogP) is 2.92. The summed E-state index contributed by atoms with van der Waals surface area (Å²) in [5.74, 6) is 0.0869. The average Bonchev–Trinajstić information content (AvgIpc) is 2.21. The van der Waals surface area contributed by atoms with Crippen LogP contribution in [0.3, 0.4) is 0 Å². The molecular formula is C11H13ClO3. The fraction of sp³-hybridized carbons (Fsp3) is 0.364. The first-order chi connectivity index (χ1) is 7.19. The van der Waals surface area contributed by atoms with E-state index in [2.05, 4.69) is 0 Å². The molecular weight excluding hydrogens is 216 g/mol. The Balaban J connectivity index is 3.00. The molecule has 0 saturated carbocycles. The molecule has 1 aromatic rings. The highest BCUT2D eigenvalue weighted by atomic mass is 35.5. The molecule has 15 heavy (non-hydrogen) atoms. The topological polar surface area (TPSA) is 35.5 Å². The van der Waals surface area contributed by atoms with Crippen molar-refractivity contribution < 1.29 is 14.3 Å². The van der Waals surface area contributed by atoms with E-state index in [-0.39, 0.29) is 0 Å². The molecule has 0 spiro atoms. The number of hydrogen-bond acceptors (Lipinski definition) is 3. The van der Waals surface area contributed by atoms with Crippen LogP contribution >= 0.6 is 11.6 Å². The Morgan fingerprint density at radius 2 is 2.07 bits per heavy atom. The van der Waals surface area contributed by atoms with Crippen LogP contribution in [0.25, 0.3) is 0 Å². The standard InChI is InChI=1S/C11H13ClO3/c1-3-14-10-6-5-8(12)7-9(10)11(13)15-4-2/h5-7H,3-4H2,1-2H3. The lowest BCUT2D eigenvalue weighted by atomic mass is 10.2. The Morgan fingerprint density at radius 3 is 2.67 bits per heavy atom. The van der Waals surface area contributed by atoms with Crippen LogP contribution in [0, 0.1) is 0 Å². The van der Waals surface area contributed by atoms with Gasteiger partial charge in [0.15, 0.2) is 0 Å². The maximum absolute atomic E-state index is 11.5. The van der Waals surface area contributed by atoms with Gasteiger partial charge in [-0.25, -0.2) is 4.79 Å². The zero-order valence-corrected chi connectivity index (χ0v) is 9.50. The summed E-state index contributed by atoms with van der Waals surface area (Å²) in [6.45, 7) is 4.43. The zero-order valence-electron chi connectivity index (χ0n) is 8.75. The minimum Gasteiger partial charge on any atom is -0.493 e. The molecule has 0 unspecified atom stereocenters. The number of hydrogen-bond donors (Lipinski definition) is 0. The van der Waals surface area contributed by atoms with Gasteiger partial charge in [-0.3, -0.25) is 0 Å². The number of benzene rings is 1. The third-order valence-electron chi connectivity index (χ3n) is 1.74. The largest absolute Gasteiger partial charge is 0.493 e. The molecule has 3 nitrogen and oxygen atoms in total. The number of esters is 1. The molecule has 82 valence electrons. The Kier molecular flexibility index (Phi) is 4.43. The van der Waals surface area contributed by atoms with Gasteiger partial charge >= 0.3 is 5.97 Å². The Bertz CT molecular complexity index is 350. The summed E-state index contributed by atoms with van der Waals surface area (Å²) in [4.78, 5) is 11.5. The molecule has 0 aliphatic heterocycles. The smallest absolute Gasteiger partial charge is 0.341 e. The van der Waals surface area contributed by atoms with Crippen LogP contribution in [-0.2, 0) is 4.74 Å². The molecule has 0 aromatic heterocycles. The van der Waals surface area contributed by atoms with Crippen LogP contribution in [0.5, 0.6) is 5.75 Å². The molecule has 0 fully saturated rings. The molecule has 4 heteroatoms. The number of carbonyl (C=O) groups excluding carboxylic acids is 1. The molecule has 0 aliphatic rings. The van der Waals surface area contributed by atoms with Crippen molar-refractivity contribution in [1.29, 1.82) is 0 Å². The van der Waals surface area contributed by atoms with E-state index in [0.29, 0.717) is 29.5 Å². The first-order valence-corrected chi connectivity index (χ1v) is 5.16. The maximum atomic E-state index is 11.5. The molecule has 0 aliphatic carbocycles. The molecule has 0 radical (unpaired) electrons. The van der Waals surface area contributed by atoms with Crippen molar-refractivity contribution in [3.05, 3.63) is 28.8 Å². The lowest BCUT2D eigenvalue weighted by Gasteiger charge is -2.09. The Morgan fingerprint density at radius 1 is 1.33 bits per heavy atom. The van der Waals surface area contributed by atoms with E-state index in [0.717, 1.165) is 0 Å². The second-order valence-corrected chi connectivity index (χ2v) is 3.23. The van der Waals surface area contributed by atoms with Gasteiger partial charge in [0, 0.05) is 5.02 Å².